The minimum atomic E-state index is 0. The second kappa shape index (κ2) is 7.82. The summed E-state index contributed by atoms with van der Waals surface area (Å²) in [7, 11) is 0. The topological polar surface area (TPSA) is 32.3 Å². The summed E-state index contributed by atoms with van der Waals surface area (Å²) < 4.78 is 0. The van der Waals surface area contributed by atoms with E-state index in [0.29, 0.717) is 23.9 Å². The van der Waals surface area contributed by atoms with Crippen LogP contribution in [0.3, 0.4) is 0 Å². The first kappa shape index (κ1) is 17.1. The van der Waals surface area contributed by atoms with Gasteiger partial charge in [-0.2, -0.15) is 0 Å². The number of amides is 1. The molecular formula is C17H31ClN2O. The summed E-state index contributed by atoms with van der Waals surface area (Å²) in [6, 6.07) is 1.01. The van der Waals surface area contributed by atoms with Crippen molar-refractivity contribution in [1.29, 1.82) is 0 Å². The average Bonchev–Trinajstić information content (AvgIpc) is 3.02. The zero-order chi connectivity index (χ0) is 13.9. The van der Waals surface area contributed by atoms with Crippen molar-refractivity contribution < 1.29 is 4.79 Å². The van der Waals surface area contributed by atoms with E-state index in [2.05, 4.69) is 17.1 Å². The van der Waals surface area contributed by atoms with Crippen molar-refractivity contribution in [3.05, 3.63) is 0 Å². The fourth-order valence-corrected chi connectivity index (χ4v) is 4.64. The Kier molecular flexibility index (Phi) is 6.36. The first-order valence-corrected chi connectivity index (χ1v) is 8.82. The lowest BCUT2D eigenvalue weighted by atomic mass is 9.90. The summed E-state index contributed by atoms with van der Waals surface area (Å²) in [5, 5.41) is 3.50. The molecule has 1 amide bonds. The summed E-state index contributed by atoms with van der Waals surface area (Å²) in [6.07, 6.45) is 11.3. The van der Waals surface area contributed by atoms with Gasteiger partial charge in [-0.05, 0) is 44.6 Å². The standard InChI is InChI=1S/C17H30N2O.ClH/c1-2-14(11-13-5-3-4-6-13)17(20)19-15-7-8-16(19)12-18-10-9-15;/h13-16,18H,2-12H2,1H3;1H. The van der Waals surface area contributed by atoms with Gasteiger partial charge in [0.05, 0.1) is 0 Å². The van der Waals surface area contributed by atoms with E-state index in [-0.39, 0.29) is 12.4 Å². The molecule has 0 aromatic heterocycles. The Labute approximate surface area is 135 Å². The fraction of sp³-hybridized carbons (Fsp3) is 0.941. The third-order valence-corrected chi connectivity index (χ3v) is 5.84. The molecule has 1 N–H and O–H groups in total. The molecule has 3 unspecified atom stereocenters. The van der Waals surface area contributed by atoms with Crippen molar-refractivity contribution in [3.63, 3.8) is 0 Å². The van der Waals surface area contributed by atoms with E-state index in [1.807, 2.05) is 0 Å². The summed E-state index contributed by atoms with van der Waals surface area (Å²) in [5.74, 6) is 1.60. The van der Waals surface area contributed by atoms with Crippen molar-refractivity contribution in [1.82, 2.24) is 10.2 Å². The van der Waals surface area contributed by atoms with Gasteiger partial charge in [-0.25, -0.2) is 0 Å². The molecule has 2 heterocycles. The van der Waals surface area contributed by atoms with E-state index in [1.54, 1.807) is 0 Å². The summed E-state index contributed by atoms with van der Waals surface area (Å²) >= 11 is 0. The minimum Gasteiger partial charge on any atom is -0.335 e. The van der Waals surface area contributed by atoms with Crippen molar-refractivity contribution in [2.24, 2.45) is 11.8 Å². The van der Waals surface area contributed by atoms with Crippen LogP contribution in [-0.2, 0) is 4.79 Å². The molecular weight excluding hydrogens is 284 g/mol. The first-order chi connectivity index (χ1) is 9.79. The molecule has 3 atom stereocenters. The molecule has 2 bridgehead atoms. The lowest BCUT2D eigenvalue weighted by molar-refractivity contribution is -0.139. The van der Waals surface area contributed by atoms with Gasteiger partial charge in [-0.1, -0.05) is 32.6 Å². The molecule has 3 aliphatic rings. The van der Waals surface area contributed by atoms with E-state index < -0.39 is 0 Å². The third-order valence-electron chi connectivity index (χ3n) is 5.84. The average molecular weight is 315 g/mol. The Bertz CT molecular complexity index is 330. The van der Waals surface area contributed by atoms with E-state index in [4.69, 9.17) is 0 Å². The number of carbonyl (C=O) groups excluding carboxylic acids is 1. The smallest absolute Gasteiger partial charge is 0.226 e. The first-order valence-electron chi connectivity index (χ1n) is 8.82. The van der Waals surface area contributed by atoms with Gasteiger partial charge >= 0.3 is 0 Å². The highest BCUT2D eigenvalue weighted by Gasteiger charge is 2.40. The van der Waals surface area contributed by atoms with Gasteiger partial charge in [0, 0.05) is 24.5 Å². The highest BCUT2D eigenvalue weighted by Crippen LogP contribution is 2.35. The van der Waals surface area contributed by atoms with Gasteiger partial charge in [0.25, 0.3) is 0 Å². The molecule has 1 saturated carbocycles. The van der Waals surface area contributed by atoms with Crippen molar-refractivity contribution in [2.75, 3.05) is 13.1 Å². The van der Waals surface area contributed by atoms with Crippen LogP contribution in [0.5, 0.6) is 0 Å². The van der Waals surface area contributed by atoms with E-state index in [1.165, 1.54) is 38.5 Å². The zero-order valence-electron chi connectivity index (χ0n) is 13.4. The predicted octanol–water partition coefficient (Wildman–Crippen LogP) is 3.37. The lowest BCUT2D eigenvalue weighted by Crippen LogP contribution is -2.45. The molecule has 3 rings (SSSR count). The maximum atomic E-state index is 13.0. The van der Waals surface area contributed by atoms with Crippen LogP contribution in [0.1, 0.15) is 64.7 Å². The number of hydrogen-bond donors (Lipinski definition) is 1. The molecule has 4 heteroatoms. The van der Waals surface area contributed by atoms with Crippen LogP contribution in [0.4, 0.5) is 0 Å². The zero-order valence-corrected chi connectivity index (χ0v) is 14.2. The largest absolute Gasteiger partial charge is 0.335 e. The number of carbonyl (C=O) groups is 1. The molecule has 1 aliphatic carbocycles. The maximum absolute atomic E-state index is 13.0. The second-order valence-electron chi connectivity index (χ2n) is 7.11. The van der Waals surface area contributed by atoms with Crippen LogP contribution in [-0.4, -0.2) is 36.0 Å². The quantitative estimate of drug-likeness (QED) is 0.863. The van der Waals surface area contributed by atoms with Gasteiger partial charge in [-0.15, -0.1) is 12.4 Å². The molecule has 3 nitrogen and oxygen atoms in total. The molecule has 0 aromatic rings. The second-order valence-corrected chi connectivity index (χ2v) is 7.11. The van der Waals surface area contributed by atoms with Crippen LogP contribution in [0.2, 0.25) is 0 Å². The minimum absolute atomic E-state index is 0. The highest BCUT2D eigenvalue weighted by molar-refractivity contribution is 5.85. The van der Waals surface area contributed by atoms with Crippen LogP contribution in [0.15, 0.2) is 0 Å². The lowest BCUT2D eigenvalue weighted by Gasteiger charge is -2.32. The van der Waals surface area contributed by atoms with Crippen molar-refractivity contribution >= 4 is 18.3 Å². The van der Waals surface area contributed by atoms with Gasteiger partial charge in [0.15, 0.2) is 0 Å². The summed E-state index contributed by atoms with van der Waals surface area (Å²) in [5.41, 5.74) is 0. The molecule has 0 spiro atoms. The number of rotatable bonds is 4. The SMILES string of the molecule is CCC(CC1CCCC1)C(=O)N1C2CCNCC1CC2.Cl. The monoisotopic (exact) mass is 314 g/mol. The number of nitrogens with one attached hydrogen (secondary N) is 1. The number of hydrogen-bond acceptors (Lipinski definition) is 2. The van der Waals surface area contributed by atoms with Crippen molar-refractivity contribution in [2.45, 2.75) is 76.8 Å². The Morgan fingerprint density at radius 2 is 1.86 bits per heavy atom. The number of nitrogens with zero attached hydrogens (tertiary/aromatic N) is 1. The van der Waals surface area contributed by atoms with Gasteiger partial charge < -0.3 is 10.2 Å². The van der Waals surface area contributed by atoms with Crippen LogP contribution < -0.4 is 5.32 Å². The predicted molar refractivity (Wildman–Crippen MR) is 88.7 cm³/mol. The Balaban J connectivity index is 0.00000161. The molecule has 0 radical (unpaired) electrons. The highest BCUT2D eigenvalue weighted by atomic mass is 35.5. The Morgan fingerprint density at radius 3 is 2.57 bits per heavy atom. The van der Waals surface area contributed by atoms with E-state index in [0.717, 1.165) is 38.3 Å². The number of halogens is 1. The molecule has 2 saturated heterocycles. The van der Waals surface area contributed by atoms with Crippen LogP contribution in [0.25, 0.3) is 0 Å². The van der Waals surface area contributed by atoms with Crippen molar-refractivity contribution in [3.8, 4) is 0 Å². The summed E-state index contributed by atoms with van der Waals surface area (Å²) in [4.78, 5) is 15.3. The molecule has 21 heavy (non-hydrogen) atoms. The Morgan fingerprint density at radius 1 is 1.14 bits per heavy atom. The van der Waals surface area contributed by atoms with Gasteiger partial charge in [0.1, 0.15) is 0 Å². The van der Waals surface area contributed by atoms with Gasteiger partial charge in [0.2, 0.25) is 5.91 Å². The maximum Gasteiger partial charge on any atom is 0.226 e. The van der Waals surface area contributed by atoms with Crippen LogP contribution >= 0.6 is 12.4 Å². The third kappa shape index (κ3) is 3.73. The van der Waals surface area contributed by atoms with Crippen LogP contribution in [0, 0.1) is 11.8 Å². The number of fused-ring (bicyclic) bond motifs is 2. The fourth-order valence-electron chi connectivity index (χ4n) is 4.64. The molecule has 3 fully saturated rings. The molecule has 122 valence electrons. The molecule has 0 aromatic carbocycles. The normalized spacial score (nSPS) is 30.8. The Hall–Kier alpha value is -0.280. The molecule has 2 aliphatic heterocycles. The summed E-state index contributed by atoms with van der Waals surface area (Å²) in [6.45, 7) is 4.31. The van der Waals surface area contributed by atoms with E-state index in [9.17, 15) is 4.79 Å². The van der Waals surface area contributed by atoms with E-state index >= 15 is 0 Å². The van der Waals surface area contributed by atoms with Gasteiger partial charge in [-0.3, -0.25) is 4.79 Å².